The Morgan fingerprint density at radius 3 is 2.63 bits per heavy atom. The van der Waals surface area contributed by atoms with E-state index in [0.29, 0.717) is 17.9 Å². The maximum atomic E-state index is 13.7. The van der Waals surface area contributed by atoms with E-state index in [9.17, 15) is 8.78 Å². The maximum Gasteiger partial charge on any atom is 0.132 e. The molecule has 0 aliphatic rings. The molecule has 1 aromatic heterocycles. The summed E-state index contributed by atoms with van der Waals surface area (Å²) in [6.45, 7) is 3.71. The Balaban J connectivity index is 2.40. The van der Waals surface area contributed by atoms with Crippen molar-refractivity contribution in [2.24, 2.45) is 5.73 Å². The van der Waals surface area contributed by atoms with Gasteiger partial charge in [0.05, 0.1) is 5.69 Å². The number of nitrogens with zero attached hydrogens (tertiary/aromatic N) is 2. The van der Waals surface area contributed by atoms with E-state index in [4.69, 9.17) is 5.73 Å². The lowest BCUT2D eigenvalue weighted by molar-refractivity contribution is 0.502. The second kappa shape index (κ2) is 5.01. The van der Waals surface area contributed by atoms with Crippen molar-refractivity contribution in [3.8, 4) is 11.3 Å². The van der Waals surface area contributed by atoms with Gasteiger partial charge in [-0.05, 0) is 38.1 Å². The molecule has 0 aliphatic carbocycles. The van der Waals surface area contributed by atoms with Gasteiger partial charge in [0, 0.05) is 23.7 Å². The molecule has 0 atom stereocenters. The van der Waals surface area contributed by atoms with E-state index >= 15 is 0 Å². The predicted molar refractivity (Wildman–Crippen MR) is 69.4 cm³/mol. The third kappa shape index (κ3) is 3.54. The summed E-state index contributed by atoms with van der Waals surface area (Å²) < 4.78 is 26.8. The van der Waals surface area contributed by atoms with Crippen LogP contribution in [0.3, 0.4) is 0 Å². The summed E-state index contributed by atoms with van der Waals surface area (Å²) in [6, 6.07) is 4.82. The van der Waals surface area contributed by atoms with Crippen molar-refractivity contribution in [1.29, 1.82) is 0 Å². The molecule has 0 radical (unpaired) electrons. The number of halogens is 2. The monoisotopic (exact) mass is 263 g/mol. The van der Waals surface area contributed by atoms with E-state index in [1.807, 2.05) is 13.8 Å². The highest BCUT2D eigenvalue weighted by molar-refractivity contribution is 5.59. The molecular weight excluding hydrogens is 248 g/mol. The molecule has 5 heteroatoms. The molecule has 1 heterocycles. The van der Waals surface area contributed by atoms with Gasteiger partial charge in [-0.15, -0.1) is 0 Å². The van der Waals surface area contributed by atoms with Crippen LogP contribution in [0.15, 0.2) is 30.5 Å². The van der Waals surface area contributed by atoms with Crippen LogP contribution in [-0.2, 0) is 6.42 Å². The zero-order valence-electron chi connectivity index (χ0n) is 10.8. The maximum absolute atomic E-state index is 13.7. The first-order chi connectivity index (χ1) is 8.85. The molecule has 100 valence electrons. The van der Waals surface area contributed by atoms with Crippen molar-refractivity contribution >= 4 is 0 Å². The Bertz CT molecular complexity index is 591. The largest absolute Gasteiger partial charge is 0.325 e. The van der Waals surface area contributed by atoms with E-state index < -0.39 is 17.2 Å². The van der Waals surface area contributed by atoms with E-state index in [1.165, 1.54) is 6.20 Å². The predicted octanol–water partition coefficient (Wildman–Crippen LogP) is 2.70. The first-order valence-corrected chi connectivity index (χ1v) is 5.91. The molecule has 0 aliphatic heterocycles. The Labute approximate surface area is 110 Å². The lowest BCUT2D eigenvalue weighted by Crippen LogP contribution is -2.35. The normalized spacial score (nSPS) is 11.6. The number of hydrogen-bond acceptors (Lipinski definition) is 3. The molecule has 3 nitrogen and oxygen atoms in total. The lowest BCUT2D eigenvalue weighted by Gasteiger charge is -2.17. The quantitative estimate of drug-likeness (QED) is 0.926. The van der Waals surface area contributed by atoms with Gasteiger partial charge in [-0.3, -0.25) is 0 Å². The number of aromatic nitrogens is 2. The number of benzene rings is 1. The van der Waals surface area contributed by atoms with Crippen molar-refractivity contribution in [3.05, 3.63) is 47.9 Å². The minimum absolute atomic E-state index is 0.124. The van der Waals surface area contributed by atoms with Crippen LogP contribution < -0.4 is 5.73 Å². The summed E-state index contributed by atoms with van der Waals surface area (Å²) in [7, 11) is 0. The zero-order chi connectivity index (χ0) is 14.0. The zero-order valence-corrected chi connectivity index (χ0v) is 10.8. The summed E-state index contributed by atoms with van der Waals surface area (Å²) in [5.41, 5.74) is 5.91. The molecule has 0 spiro atoms. The summed E-state index contributed by atoms with van der Waals surface area (Å²) in [5, 5.41) is 0. The third-order valence-corrected chi connectivity index (χ3v) is 2.52. The third-order valence-electron chi connectivity index (χ3n) is 2.52. The molecule has 2 N–H and O–H groups in total. The Hall–Kier alpha value is -1.88. The molecule has 19 heavy (non-hydrogen) atoms. The van der Waals surface area contributed by atoms with Crippen molar-refractivity contribution in [2.75, 3.05) is 0 Å². The Morgan fingerprint density at radius 1 is 1.21 bits per heavy atom. The number of rotatable bonds is 3. The number of nitrogens with two attached hydrogens (primary N) is 1. The van der Waals surface area contributed by atoms with Crippen molar-refractivity contribution in [3.63, 3.8) is 0 Å². The fourth-order valence-corrected chi connectivity index (χ4v) is 1.74. The Kier molecular flexibility index (Phi) is 3.57. The molecule has 0 amide bonds. The highest BCUT2D eigenvalue weighted by atomic mass is 19.1. The molecule has 1 aromatic carbocycles. The van der Waals surface area contributed by atoms with E-state index in [-0.39, 0.29) is 5.56 Å². The minimum atomic E-state index is -0.516. The van der Waals surface area contributed by atoms with Crippen LogP contribution in [-0.4, -0.2) is 15.5 Å². The van der Waals surface area contributed by atoms with E-state index in [0.717, 1.165) is 18.2 Å². The van der Waals surface area contributed by atoms with Gasteiger partial charge in [-0.25, -0.2) is 18.7 Å². The van der Waals surface area contributed by atoms with Crippen LogP contribution >= 0.6 is 0 Å². The van der Waals surface area contributed by atoms with Crippen LogP contribution in [0, 0.1) is 11.6 Å². The fraction of sp³-hybridized carbons (Fsp3) is 0.286. The van der Waals surface area contributed by atoms with Crippen LogP contribution in [0.5, 0.6) is 0 Å². The van der Waals surface area contributed by atoms with Crippen LogP contribution in [0.25, 0.3) is 11.3 Å². The summed E-state index contributed by atoms with van der Waals surface area (Å²) >= 11 is 0. The average Bonchev–Trinajstić information content (AvgIpc) is 2.30. The SMILES string of the molecule is CC(C)(N)Cc1nccc(-c2cc(F)ccc2F)n1. The minimum Gasteiger partial charge on any atom is -0.325 e. The lowest BCUT2D eigenvalue weighted by atomic mass is 10.0. The van der Waals surface area contributed by atoms with Crippen LogP contribution in [0.4, 0.5) is 8.78 Å². The highest BCUT2D eigenvalue weighted by Crippen LogP contribution is 2.22. The average molecular weight is 263 g/mol. The first kappa shape index (κ1) is 13.5. The fourth-order valence-electron chi connectivity index (χ4n) is 1.74. The standard InChI is InChI=1S/C14H15F2N3/c1-14(2,17)8-13-18-6-5-12(19-13)10-7-9(15)3-4-11(10)16/h3-7H,8,17H2,1-2H3. The van der Waals surface area contributed by atoms with Crippen molar-refractivity contribution in [2.45, 2.75) is 25.8 Å². The van der Waals surface area contributed by atoms with Crippen LogP contribution in [0.2, 0.25) is 0 Å². The number of hydrogen-bond donors (Lipinski definition) is 1. The first-order valence-electron chi connectivity index (χ1n) is 5.91. The molecule has 0 unspecified atom stereocenters. The topological polar surface area (TPSA) is 51.8 Å². The second-order valence-corrected chi connectivity index (χ2v) is 5.15. The van der Waals surface area contributed by atoms with Gasteiger partial charge in [0.25, 0.3) is 0 Å². The van der Waals surface area contributed by atoms with Gasteiger partial charge < -0.3 is 5.73 Å². The summed E-state index contributed by atoms with van der Waals surface area (Å²) in [5.74, 6) is -0.512. The van der Waals surface area contributed by atoms with Gasteiger partial charge in [0.2, 0.25) is 0 Å². The van der Waals surface area contributed by atoms with Gasteiger partial charge in [-0.1, -0.05) is 0 Å². The second-order valence-electron chi connectivity index (χ2n) is 5.15. The molecule has 2 rings (SSSR count). The summed E-state index contributed by atoms with van der Waals surface area (Å²) in [6.07, 6.45) is 1.98. The van der Waals surface area contributed by atoms with Gasteiger partial charge in [0.15, 0.2) is 0 Å². The van der Waals surface area contributed by atoms with Crippen LogP contribution in [0.1, 0.15) is 19.7 Å². The molecule has 0 bridgehead atoms. The molecule has 0 fully saturated rings. The van der Waals surface area contributed by atoms with Gasteiger partial charge >= 0.3 is 0 Å². The summed E-state index contributed by atoms with van der Waals surface area (Å²) in [4.78, 5) is 8.33. The molecule has 0 saturated heterocycles. The molecular formula is C14H15F2N3. The molecule has 2 aromatic rings. The van der Waals surface area contributed by atoms with E-state index in [2.05, 4.69) is 9.97 Å². The van der Waals surface area contributed by atoms with Crippen molar-refractivity contribution < 1.29 is 8.78 Å². The highest BCUT2D eigenvalue weighted by Gasteiger charge is 2.15. The molecule has 0 saturated carbocycles. The van der Waals surface area contributed by atoms with Gasteiger partial charge in [0.1, 0.15) is 17.5 Å². The van der Waals surface area contributed by atoms with Crippen molar-refractivity contribution in [1.82, 2.24) is 9.97 Å². The van der Waals surface area contributed by atoms with Gasteiger partial charge in [-0.2, -0.15) is 0 Å². The smallest absolute Gasteiger partial charge is 0.132 e. The van der Waals surface area contributed by atoms with E-state index in [1.54, 1.807) is 6.07 Å². The Morgan fingerprint density at radius 2 is 1.95 bits per heavy atom.